The van der Waals surface area contributed by atoms with E-state index in [1.54, 1.807) is 29.6 Å². The van der Waals surface area contributed by atoms with Gasteiger partial charge < -0.3 is 4.74 Å². The van der Waals surface area contributed by atoms with Gasteiger partial charge in [-0.15, -0.1) is 11.3 Å². The number of benzene rings is 2. The van der Waals surface area contributed by atoms with Crippen LogP contribution in [0.2, 0.25) is 0 Å². The molecule has 1 amide bonds. The zero-order chi connectivity index (χ0) is 17.7. The molecular weight excluding hydrogens is 362 g/mol. The molecule has 25 heavy (non-hydrogen) atoms. The van der Waals surface area contributed by atoms with Crippen molar-refractivity contribution in [2.24, 2.45) is 0 Å². The fraction of sp³-hybridized carbons (Fsp3) is 0. The van der Waals surface area contributed by atoms with Gasteiger partial charge in [0.2, 0.25) is 0 Å². The van der Waals surface area contributed by atoms with E-state index in [1.807, 2.05) is 6.07 Å². The van der Waals surface area contributed by atoms with Crippen molar-refractivity contribution in [3.63, 3.8) is 0 Å². The summed E-state index contributed by atoms with van der Waals surface area (Å²) in [5.41, 5.74) is 0.411. The topological polar surface area (TPSA) is 97.4 Å². The van der Waals surface area contributed by atoms with Gasteiger partial charge in [-0.1, -0.05) is 18.2 Å². The first-order valence-electron chi connectivity index (χ1n) is 7.09. The van der Waals surface area contributed by atoms with E-state index in [1.165, 1.54) is 41.8 Å². The lowest BCUT2D eigenvalue weighted by atomic mass is 10.3. The number of rotatable bonds is 5. The first-order valence-corrected chi connectivity index (χ1v) is 9.45. The molecule has 0 bridgehead atoms. The van der Waals surface area contributed by atoms with E-state index < -0.39 is 16.1 Å². The Labute approximate surface area is 148 Å². The first kappa shape index (κ1) is 16.9. The Bertz CT molecular complexity index is 941. The quantitative estimate of drug-likeness (QED) is 0.711. The van der Waals surface area contributed by atoms with Crippen molar-refractivity contribution < 1.29 is 17.9 Å². The second-order valence-corrected chi connectivity index (χ2v) is 7.37. The third-order valence-corrected chi connectivity index (χ3v) is 5.19. The normalized spacial score (nSPS) is 10.9. The maximum absolute atomic E-state index is 12.2. The number of thiazole rings is 1. The van der Waals surface area contributed by atoms with Crippen LogP contribution in [0, 0.1) is 0 Å². The smallest absolute Gasteiger partial charge is 0.410 e. The van der Waals surface area contributed by atoms with Gasteiger partial charge in [-0.25, -0.2) is 18.2 Å². The number of para-hydroxylation sites is 1. The molecule has 0 unspecified atom stereocenters. The Balaban J connectivity index is 1.65. The van der Waals surface area contributed by atoms with Crippen LogP contribution in [0.4, 0.5) is 15.6 Å². The largest absolute Gasteiger partial charge is 0.417 e. The summed E-state index contributed by atoms with van der Waals surface area (Å²) in [6.07, 6.45) is 0.844. The van der Waals surface area contributed by atoms with E-state index in [4.69, 9.17) is 4.74 Å². The van der Waals surface area contributed by atoms with E-state index in [0.29, 0.717) is 11.4 Å². The van der Waals surface area contributed by atoms with E-state index >= 15 is 0 Å². The number of carbonyl (C=O) groups is 1. The molecule has 0 spiro atoms. The van der Waals surface area contributed by atoms with Crippen molar-refractivity contribution in [1.82, 2.24) is 4.98 Å². The molecule has 1 aromatic heterocycles. The third kappa shape index (κ3) is 4.55. The molecule has 1 heterocycles. The van der Waals surface area contributed by atoms with Gasteiger partial charge in [0.05, 0.1) is 4.90 Å². The second kappa shape index (κ2) is 7.32. The van der Waals surface area contributed by atoms with E-state index in [9.17, 15) is 13.2 Å². The number of ether oxygens (including phenoxy) is 1. The molecule has 0 saturated carbocycles. The molecule has 0 saturated heterocycles. The number of hydrogen-bond donors (Lipinski definition) is 2. The van der Waals surface area contributed by atoms with Gasteiger partial charge in [0.15, 0.2) is 5.13 Å². The molecule has 3 aromatic rings. The minimum absolute atomic E-state index is 0.0599. The summed E-state index contributed by atoms with van der Waals surface area (Å²) >= 11 is 1.18. The molecule has 0 aliphatic heterocycles. The molecule has 2 aromatic carbocycles. The van der Waals surface area contributed by atoms with Crippen molar-refractivity contribution >= 4 is 38.3 Å². The standard InChI is InChI=1S/C16H13N3O4S2/c20-16(23-13-4-2-1-3-5-13)18-12-6-8-14(9-7-12)25(21,22)19-15-17-10-11-24-15/h1-11H,(H,17,19)(H,18,20). The minimum atomic E-state index is -3.72. The van der Waals surface area contributed by atoms with E-state index in [-0.39, 0.29) is 10.0 Å². The number of aromatic nitrogens is 1. The van der Waals surface area contributed by atoms with Gasteiger partial charge in [-0.3, -0.25) is 10.0 Å². The second-order valence-electron chi connectivity index (χ2n) is 4.79. The average molecular weight is 375 g/mol. The Morgan fingerprint density at radius 2 is 1.76 bits per heavy atom. The van der Waals surface area contributed by atoms with Gasteiger partial charge in [-0.2, -0.15) is 0 Å². The Kier molecular flexibility index (Phi) is 4.96. The van der Waals surface area contributed by atoms with Crippen LogP contribution in [0.5, 0.6) is 5.75 Å². The van der Waals surface area contributed by atoms with Crippen LogP contribution in [-0.4, -0.2) is 19.5 Å². The zero-order valence-electron chi connectivity index (χ0n) is 12.7. The lowest BCUT2D eigenvalue weighted by Gasteiger charge is -2.08. The number of sulfonamides is 1. The molecule has 3 rings (SSSR count). The highest BCUT2D eigenvalue weighted by Crippen LogP contribution is 2.20. The molecule has 2 N–H and O–H groups in total. The van der Waals surface area contributed by atoms with Crippen LogP contribution in [-0.2, 0) is 10.0 Å². The van der Waals surface area contributed by atoms with Crippen LogP contribution in [0.15, 0.2) is 71.1 Å². The summed E-state index contributed by atoms with van der Waals surface area (Å²) in [5.74, 6) is 0.409. The van der Waals surface area contributed by atoms with Crippen molar-refractivity contribution in [3.05, 3.63) is 66.2 Å². The van der Waals surface area contributed by atoms with Crippen LogP contribution < -0.4 is 14.8 Å². The molecule has 0 aliphatic carbocycles. The van der Waals surface area contributed by atoms with Gasteiger partial charge >= 0.3 is 6.09 Å². The molecule has 128 valence electrons. The van der Waals surface area contributed by atoms with Crippen molar-refractivity contribution in [1.29, 1.82) is 0 Å². The summed E-state index contributed by atoms with van der Waals surface area (Å²) in [7, 11) is -3.72. The average Bonchev–Trinajstić information content (AvgIpc) is 3.08. The maximum Gasteiger partial charge on any atom is 0.417 e. The van der Waals surface area contributed by atoms with Crippen molar-refractivity contribution in [3.8, 4) is 5.75 Å². The van der Waals surface area contributed by atoms with E-state index in [2.05, 4.69) is 15.0 Å². The first-order chi connectivity index (χ1) is 12.0. The number of carbonyl (C=O) groups excluding carboxylic acids is 1. The summed E-state index contributed by atoms with van der Waals surface area (Å²) in [5, 5.41) is 4.48. The van der Waals surface area contributed by atoms with Gasteiger partial charge in [0.1, 0.15) is 5.75 Å². The molecule has 7 nitrogen and oxygen atoms in total. The van der Waals surface area contributed by atoms with Crippen LogP contribution in [0.3, 0.4) is 0 Å². The maximum atomic E-state index is 12.2. The summed E-state index contributed by atoms with van der Waals surface area (Å²) in [6.45, 7) is 0. The Morgan fingerprint density at radius 3 is 2.40 bits per heavy atom. The number of nitrogens with zero attached hydrogens (tertiary/aromatic N) is 1. The lowest BCUT2D eigenvalue weighted by molar-refractivity contribution is 0.215. The minimum Gasteiger partial charge on any atom is -0.410 e. The van der Waals surface area contributed by atoms with Crippen molar-refractivity contribution in [2.75, 3.05) is 10.0 Å². The van der Waals surface area contributed by atoms with Gasteiger partial charge in [0.25, 0.3) is 10.0 Å². The fourth-order valence-corrected chi connectivity index (χ4v) is 3.69. The van der Waals surface area contributed by atoms with Crippen LogP contribution in [0.1, 0.15) is 0 Å². The molecule has 0 aliphatic rings. The van der Waals surface area contributed by atoms with E-state index in [0.717, 1.165) is 0 Å². The van der Waals surface area contributed by atoms with Crippen molar-refractivity contribution in [2.45, 2.75) is 4.90 Å². The highest BCUT2D eigenvalue weighted by molar-refractivity contribution is 7.93. The SMILES string of the molecule is O=C(Nc1ccc(S(=O)(=O)Nc2nccs2)cc1)Oc1ccccc1. The number of amides is 1. The molecular formula is C16H13N3O4S2. The summed E-state index contributed by atoms with van der Waals surface area (Å²) < 4.78 is 31.9. The molecule has 0 fully saturated rings. The summed E-state index contributed by atoms with van der Waals surface area (Å²) in [4.78, 5) is 15.7. The lowest BCUT2D eigenvalue weighted by Crippen LogP contribution is -2.17. The predicted molar refractivity (Wildman–Crippen MR) is 95.5 cm³/mol. The van der Waals surface area contributed by atoms with Crippen LogP contribution in [0.25, 0.3) is 0 Å². The molecule has 9 heteroatoms. The Hall–Kier alpha value is -2.91. The number of anilines is 2. The highest BCUT2D eigenvalue weighted by atomic mass is 32.2. The van der Waals surface area contributed by atoms with Gasteiger partial charge in [-0.05, 0) is 36.4 Å². The molecule has 0 radical (unpaired) electrons. The Morgan fingerprint density at radius 1 is 1.04 bits per heavy atom. The van der Waals surface area contributed by atoms with Gasteiger partial charge in [0, 0.05) is 17.3 Å². The zero-order valence-corrected chi connectivity index (χ0v) is 14.4. The fourth-order valence-electron chi connectivity index (χ4n) is 1.90. The summed E-state index contributed by atoms with van der Waals surface area (Å²) in [6, 6.07) is 14.3. The number of hydrogen-bond acceptors (Lipinski definition) is 6. The van der Waals surface area contributed by atoms with Crippen LogP contribution >= 0.6 is 11.3 Å². The monoisotopic (exact) mass is 375 g/mol. The third-order valence-electron chi connectivity index (χ3n) is 3.02. The highest BCUT2D eigenvalue weighted by Gasteiger charge is 2.15. The predicted octanol–water partition coefficient (Wildman–Crippen LogP) is 3.55. The molecule has 0 atom stereocenters. The number of nitrogens with one attached hydrogen (secondary N) is 2.